The number of H-pyrrole nitrogens is 1. The van der Waals surface area contributed by atoms with Gasteiger partial charge in [0.25, 0.3) is 0 Å². The van der Waals surface area contributed by atoms with Crippen LogP contribution in [-0.4, -0.2) is 32.7 Å². The number of nitrogens with two attached hydrogens (primary N) is 1. The SMILES string of the molecule is Nc1[nH]c(=O)nc2c1C(c1cc3ccccc3n1-c1ccccn1)NCCO2. The summed E-state index contributed by atoms with van der Waals surface area (Å²) in [7, 11) is 0. The fourth-order valence-corrected chi connectivity index (χ4v) is 3.70. The number of ether oxygens (including phenoxy) is 1. The molecular weight excluding hydrogens is 356 g/mol. The van der Waals surface area contributed by atoms with Gasteiger partial charge in [0, 0.05) is 23.8 Å². The molecule has 0 aliphatic carbocycles. The predicted octanol–water partition coefficient (Wildman–Crippen LogP) is 1.76. The lowest BCUT2D eigenvalue weighted by molar-refractivity contribution is 0.312. The van der Waals surface area contributed by atoms with Crippen molar-refractivity contribution in [1.29, 1.82) is 0 Å². The van der Waals surface area contributed by atoms with Gasteiger partial charge in [-0.3, -0.25) is 9.55 Å². The van der Waals surface area contributed by atoms with Crippen molar-refractivity contribution in [3.05, 3.63) is 76.5 Å². The van der Waals surface area contributed by atoms with Gasteiger partial charge in [-0.2, -0.15) is 4.98 Å². The molecule has 140 valence electrons. The van der Waals surface area contributed by atoms with Crippen LogP contribution in [0.2, 0.25) is 0 Å². The molecule has 8 nitrogen and oxygen atoms in total. The summed E-state index contributed by atoms with van der Waals surface area (Å²) < 4.78 is 7.77. The number of aromatic amines is 1. The van der Waals surface area contributed by atoms with Gasteiger partial charge in [-0.05, 0) is 24.3 Å². The largest absolute Gasteiger partial charge is 0.476 e. The van der Waals surface area contributed by atoms with Crippen molar-refractivity contribution in [2.45, 2.75) is 6.04 Å². The van der Waals surface area contributed by atoms with Gasteiger partial charge < -0.3 is 15.8 Å². The summed E-state index contributed by atoms with van der Waals surface area (Å²) in [5.41, 5.74) is 8.24. The summed E-state index contributed by atoms with van der Waals surface area (Å²) in [4.78, 5) is 22.9. The van der Waals surface area contributed by atoms with Gasteiger partial charge in [0.1, 0.15) is 18.2 Å². The molecule has 0 saturated heterocycles. The van der Waals surface area contributed by atoms with E-state index in [4.69, 9.17) is 10.5 Å². The second kappa shape index (κ2) is 6.50. The molecule has 5 rings (SSSR count). The van der Waals surface area contributed by atoms with Crippen molar-refractivity contribution >= 4 is 16.7 Å². The standard InChI is InChI=1S/C20H18N6O2/c21-18-16-17(23-9-10-28-19(16)25-20(27)24-18)14-11-12-5-1-2-6-13(12)26(14)15-7-3-4-8-22-15/h1-8,11,17,23H,9-10H2,(H3,21,24,25,27). The molecule has 1 aliphatic heterocycles. The molecule has 0 spiro atoms. The molecule has 0 bridgehead atoms. The maximum atomic E-state index is 11.8. The van der Waals surface area contributed by atoms with E-state index in [1.54, 1.807) is 6.20 Å². The van der Waals surface area contributed by atoms with E-state index in [-0.39, 0.29) is 17.7 Å². The summed E-state index contributed by atoms with van der Waals surface area (Å²) >= 11 is 0. The zero-order valence-corrected chi connectivity index (χ0v) is 14.9. The van der Waals surface area contributed by atoms with E-state index in [9.17, 15) is 4.79 Å². The summed E-state index contributed by atoms with van der Waals surface area (Å²) in [6, 6.07) is 15.7. The Bertz CT molecular complexity index is 1210. The third-order valence-corrected chi connectivity index (χ3v) is 4.86. The maximum absolute atomic E-state index is 11.8. The van der Waals surface area contributed by atoms with Gasteiger partial charge in [-0.15, -0.1) is 0 Å². The Morgan fingerprint density at radius 3 is 2.89 bits per heavy atom. The molecule has 1 aromatic carbocycles. The number of nitrogen functional groups attached to an aromatic ring is 1. The minimum Gasteiger partial charge on any atom is -0.476 e. The first kappa shape index (κ1) is 16.5. The minimum atomic E-state index is -0.526. The average molecular weight is 374 g/mol. The van der Waals surface area contributed by atoms with Gasteiger partial charge in [0.2, 0.25) is 5.88 Å². The molecule has 0 radical (unpaired) electrons. The Labute approximate surface area is 160 Å². The third kappa shape index (κ3) is 2.62. The second-order valence-electron chi connectivity index (χ2n) is 6.56. The Kier molecular flexibility index (Phi) is 3.84. The van der Waals surface area contributed by atoms with Crippen LogP contribution in [0.1, 0.15) is 17.3 Å². The molecule has 3 aromatic heterocycles. The second-order valence-corrected chi connectivity index (χ2v) is 6.56. The molecule has 28 heavy (non-hydrogen) atoms. The number of anilines is 1. The molecular formula is C20H18N6O2. The normalized spacial score (nSPS) is 16.4. The number of aromatic nitrogens is 4. The smallest absolute Gasteiger partial charge is 0.349 e. The van der Waals surface area contributed by atoms with Crippen LogP contribution in [0.15, 0.2) is 59.5 Å². The van der Waals surface area contributed by atoms with Gasteiger partial charge in [-0.25, -0.2) is 9.78 Å². The number of nitrogens with one attached hydrogen (secondary N) is 2. The number of fused-ring (bicyclic) bond motifs is 2. The molecule has 4 N–H and O–H groups in total. The third-order valence-electron chi connectivity index (χ3n) is 4.86. The number of nitrogens with zero attached hydrogens (tertiary/aromatic N) is 3. The van der Waals surface area contributed by atoms with Crippen LogP contribution in [-0.2, 0) is 0 Å². The van der Waals surface area contributed by atoms with Crippen LogP contribution >= 0.6 is 0 Å². The fraction of sp³-hybridized carbons (Fsp3) is 0.150. The van der Waals surface area contributed by atoms with E-state index in [2.05, 4.69) is 43.0 Å². The molecule has 4 heterocycles. The zero-order chi connectivity index (χ0) is 19.1. The highest BCUT2D eigenvalue weighted by Crippen LogP contribution is 2.36. The van der Waals surface area contributed by atoms with Crippen molar-refractivity contribution in [2.75, 3.05) is 18.9 Å². The van der Waals surface area contributed by atoms with E-state index in [1.807, 2.05) is 30.3 Å². The number of rotatable bonds is 2. The van der Waals surface area contributed by atoms with E-state index in [0.29, 0.717) is 18.7 Å². The quantitative estimate of drug-likeness (QED) is 0.493. The van der Waals surface area contributed by atoms with Crippen molar-refractivity contribution in [1.82, 2.24) is 24.8 Å². The molecule has 0 amide bonds. The van der Waals surface area contributed by atoms with Crippen molar-refractivity contribution in [3.8, 4) is 11.7 Å². The van der Waals surface area contributed by atoms with Gasteiger partial charge in [0.15, 0.2) is 0 Å². The summed E-state index contributed by atoms with van der Waals surface area (Å²) in [6.45, 7) is 0.974. The minimum absolute atomic E-state index is 0.243. The molecule has 1 atom stereocenters. The average Bonchev–Trinajstić information content (AvgIpc) is 2.95. The highest BCUT2D eigenvalue weighted by Gasteiger charge is 2.29. The highest BCUT2D eigenvalue weighted by molar-refractivity contribution is 5.83. The fourth-order valence-electron chi connectivity index (χ4n) is 3.70. The predicted molar refractivity (Wildman–Crippen MR) is 106 cm³/mol. The molecule has 0 fully saturated rings. The summed E-state index contributed by atoms with van der Waals surface area (Å²) in [5.74, 6) is 1.30. The van der Waals surface area contributed by atoms with Crippen LogP contribution in [0.4, 0.5) is 5.82 Å². The van der Waals surface area contributed by atoms with Crippen LogP contribution in [0.5, 0.6) is 5.88 Å². The van der Waals surface area contributed by atoms with Crippen molar-refractivity contribution in [3.63, 3.8) is 0 Å². The first-order valence-electron chi connectivity index (χ1n) is 9.00. The topological polar surface area (TPSA) is 111 Å². The molecule has 1 aliphatic rings. The number of pyridine rings is 1. The first-order valence-corrected chi connectivity index (χ1v) is 9.00. The van der Waals surface area contributed by atoms with Crippen molar-refractivity contribution in [2.24, 2.45) is 0 Å². The molecule has 4 aromatic rings. The highest BCUT2D eigenvalue weighted by atomic mass is 16.5. The van der Waals surface area contributed by atoms with E-state index >= 15 is 0 Å². The van der Waals surface area contributed by atoms with Crippen LogP contribution in [0.3, 0.4) is 0 Å². The van der Waals surface area contributed by atoms with E-state index < -0.39 is 5.69 Å². The number of para-hydroxylation sites is 1. The lowest BCUT2D eigenvalue weighted by atomic mass is 10.0. The molecule has 8 heteroatoms. The van der Waals surface area contributed by atoms with E-state index in [1.165, 1.54) is 0 Å². The van der Waals surface area contributed by atoms with Gasteiger partial charge in [-0.1, -0.05) is 24.3 Å². The maximum Gasteiger partial charge on any atom is 0.349 e. The number of hydrogen-bond acceptors (Lipinski definition) is 6. The zero-order valence-electron chi connectivity index (χ0n) is 14.9. The van der Waals surface area contributed by atoms with Crippen LogP contribution in [0.25, 0.3) is 16.7 Å². The molecule has 0 saturated carbocycles. The lowest BCUT2D eigenvalue weighted by Gasteiger charge is -2.21. The monoisotopic (exact) mass is 374 g/mol. The lowest BCUT2D eigenvalue weighted by Crippen LogP contribution is -2.27. The Morgan fingerprint density at radius 1 is 1.18 bits per heavy atom. The van der Waals surface area contributed by atoms with E-state index in [0.717, 1.165) is 22.4 Å². The van der Waals surface area contributed by atoms with Gasteiger partial charge >= 0.3 is 5.69 Å². The van der Waals surface area contributed by atoms with Crippen LogP contribution < -0.4 is 21.5 Å². The molecule has 1 unspecified atom stereocenters. The van der Waals surface area contributed by atoms with Gasteiger partial charge in [0.05, 0.1) is 17.1 Å². The van der Waals surface area contributed by atoms with Crippen molar-refractivity contribution < 1.29 is 4.74 Å². The number of hydrogen-bond donors (Lipinski definition) is 3. The Balaban J connectivity index is 1.80. The summed E-state index contributed by atoms with van der Waals surface area (Å²) in [6.07, 6.45) is 1.76. The first-order chi connectivity index (χ1) is 13.7. The number of benzene rings is 1. The Morgan fingerprint density at radius 2 is 2.04 bits per heavy atom. The summed E-state index contributed by atoms with van der Waals surface area (Å²) in [5, 5.41) is 4.55. The Hall–Kier alpha value is -3.65. The van der Waals surface area contributed by atoms with Crippen LogP contribution in [0, 0.1) is 0 Å².